The molecule has 8 bridgehead atoms. The Bertz CT molecular complexity index is 478. The fourth-order valence-corrected chi connectivity index (χ4v) is 11.0. The quantitative estimate of drug-likeness (QED) is 0.525. The molecular weight excluding hydrogens is 288 g/mol. The zero-order chi connectivity index (χ0) is 16.2. The van der Waals surface area contributed by atoms with Crippen LogP contribution in [0.3, 0.4) is 0 Å². The second-order valence-electron chi connectivity index (χ2n) is 13.0. The molecule has 0 heterocycles. The van der Waals surface area contributed by atoms with Crippen molar-refractivity contribution in [3.8, 4) is 0 Å². The minimum absolute atomic E-state index is 0.748. The van der Waals surface area contributed by atoms with Crippen LogP contribution in [0.25, 0.3) is 0 Å². The van der Waals surface area contributed by atoms with Crippen molar-refractivity contribution >= 4 is 0 Å². The SMILES string of the molecule is CC12CC3CC(C1)CC(CCC14CC5CC(CC(C)(C5)C1)C4)(C3)C2. The molecule has 8 aliphatic rings. The van der Waals surface area contributed by atoms with Gasteiger partial charge < -0.3 is 0 Å². The molecule has 4 atom stereocenters. The number of hydrogen-bond donors (Lipinski definition) is 0. The van der Waals surface area contributed by atoms with Crippen LogP contribution in [-0.4, -0.2) is 0 Å². The van der Waals surface area contributed by atoms with E-state index in [1.165, 1.54) is 0 Å². The molecule has 134 valence electrons. The molecule has 0 radical (unpaired) electrons. The lowest BCUT2D eigenvalue weighted by Gasteiger charge is -2.64. The van der Waals surface area contributed by atoms with Gasteiger partial charge in [0.05, 0.1) is 0 Å². The second kappa shape index (κ2) is 4.45. The number of hydrogen-bond acceptors (Lipinski definition) is 0. The molecule has 8 saturated carbocycles. The van der Waals surface area contributed by atoms with E-state index in [1.807, 2.05) is 0 Å². The average Bonchev–Trinajstić information content (AvgIpc) is 2.40. The smallest absolute Gasteiger partial charge is 0.0287 e. The summed E-state index contributed by atoms with van der Waals surface area (Å²) in [6.07, 6.45) is 22.5. The summed E-state index contributed by atoms with van der Waals surface area (Å²) in [5.41, 5.74) is 3.08. The summed E-state index contributed by atoms with van der Waals surface area (Å²) >= 11 is 0. The van der Waals surface area contributed by atoms with E-state index in [-0.39, 0.29) is 0 Å². The zero-order valence-electron chi connectivity index (χ0n) is 16.2. The van der Waals surface area contributed by atoms with Crippen LogP contribution in [-0.2, 0) is 0 Å². The van der Waals surface area contributed by atoms with E-state index in [9.17, 15) is 0 Å². The summed E-state index contributed by atoms with van der Waals surface area (Å²) in [5, 5.41) is 0. The molecule has 0 amide bonds. The molecule has 8 aliphatic carbocycles. The third-order valence-electron chi connectivity index (χ3n) is 10.1. The molecule has 0 aromatic heterocycles. The Morgan fingerprint density at radius 3 is 1.17 bits per heavy atom. The molecule has 0 aromatic carbocycles. The molecule has 0 spiro atoms. The van der Waals surface area contributed by atoms with Crippen LogP contribution in [0.1, 0.15) is 104 Å². The molecule has 8 fully saturated rings. The van der Waals surface area contributed by atoms with E-state index in [0.29, 0.717) is 0 Å². The molecule has 0 aromatic rings. The highest BCUT2D eigenvalue weighted by atomic mass is 14.6. The lowest BCUT2D eigenvalue weighted by Crippen LogP contribution is -2.53. The molecule has 0 heteroatoms. The highest BCUT2D eigenvalue weighted by Gasteiger charge is 2.58. The standard InChI is InChI=1S/C24H38/c1-21-7-17-5-18(8-21)12-23(11-17,15-21)3-4-24-13-19-6-20(14-24)10-22(2,9-19)16-24/h17-20H,3-16H2,1-2H3. The highest BCUT2D eigenvalue weighted by Crippen LogP contribution is 2.70. The van der Waals surface area contributed by atoms with Crippen LogP contribution in [0.4, 0.5) is 0 Å². The Labute approximate surface area is 149 Å². The van der Waals surface area contributed by atoms with Gasteiger partial charge in [-0.15, -0.1) is 0 Å². The van der Waals surface area contributed by atoms with Crippen molar-refractivity contribution < 1.29 is 0 Å². The number of rotatable bonds is 3. The molecule has 0 N–H and O–H groups in total. The van der Waals surface area contributed by atoms with Crippen molar-refractivity contribution in [1.29, 1.82) is 0 Å². The van der Waals surface area contributed by atoms with Crippen molar-refractivity contribution in [2.45, 2.75) is 104 Å². The topological polar surface area (TPSA) is 0 Å². The first-order chi connectivity index (χ1) is 11.3. The van der Waals surface area contributed by atoms with Gasteiger partial charge in [0.2, 0.25) is 0 Å². The fourth-order valence-electron chi connectivity index (χ4n) is 11.0. The van der Waals surface area contributed by atoms with Crippen LogP contribution in [0.2, 0.25) is 0 Å². The Kier molecular flexibility index (Phi) is 2.80. The Morgan fingerprint density at radius 1 is 0.542 bits per heavy atom. The minimum Gasteiger partial charge on any atom is -0.0596 e. The van der Waals surface area contributed by atoms with Crippen molar-refractivity contribution in [2.24, 2.45) is 45.3 Å². The fraction of sp³-hybridized carbons (Fsp3) is 1.00. The van der Waals surface area contributed by atoms with Gasteiger partial charge in [0.25, 0.3) is 0 Å². The normalized spacial score (nSPS) is 63.2. The molecule has 0 aliphatic heterocycles. The monoisotopic (exact) mass is 326 g/mol. The van der Waals surface area contributed by atoms with Gasteiger partial charge in [0.1, 0.15) is 0 Å². The van der Waals surface area contributed by atoms with Gasteiger partial charge in [-0.25, -0.2) is 0 Å². The maximum atomic E-state index is 2.66. The largest absolute Gasteiger partial charge is 0.0596 e. The molecule has 24 heavy (non-hydrogen) atoms. The van der Waals surface area contributed by atoms with E-state index >= 15 is 0 Å². The first-order valence-corrected chi connectivity index (χ1v) is 11.3. The van der Waals surface area contributed by atoms with E-state index in [2.05, 4.69) is 13.8 Å². The third-order valence-corrected chi connectivity index (χ3v) is 10.1. The van der Waals surface area contributed by atoms with E-state index in [0.717, 1.165) is 45.3 Å². The van der Waals surface area contributed by atoms with Crippen LogP contribution in [0.5, 0.6) is 0 Å². The first-order valence-electron chi connectivity index (χ1n) is 11.3. The summed E-state index contributed by atoms with van der Waals surface area (Å²) in [7, 11) is 0. The van der Waals surface area contributed by atoms with Gasteiger partial charge in [-0.1, -0.05) is 13.8 Å². The molecule has 4 unspecified atom stereocenters. The van der Waals surface area contributed by atoms with Crippen molar-refractivity contribution in [1.82, 2.24) is 0 Å². The molecular formula is C24H38. The summed E-state index contributed by atoms with van der Waals surface area (Å²) < 4.78 is 0. The van der Waals surface area contributed by atoms with Gasteiger partial charge in [-0.2, -0.15) is 0 Å². The Morgan fingerprint density at radius 2 is 0.875 bits per heavy atom. The van der Waals surface area contributed by atoms with Crippen molar-refractivity contribution in [3.63, 3.8) is 0 Å². The predicted octanol–water partition coefficient (Wildman–Crippen LogP) is 6.98. The Balaban J connectivity index is 1.23. The summed E-state index contributed by atoms with van der Waals surface area (Å²) in [6.45, 7) is 5.32. The average molecular weight is 327 g/mol. The molecule has 0 saturated heterocycles. The summed E-state index contributed by atoms with van der Waals surface area (Å²) in [6, 6.07) is 0. The molecule has 0 nitrogen and oxygen atoms in total. The maximum Gasteiger partial charge on any atom is -0.0287 e. The van der Waals surface area contributed by atoms with E-state index < -0.39 is 0 Å². The summed E-state index contributed by atoms with van der Waals surface area (Å²) in [4.78, 5) is 0. The van der Waals surface area contributed by atoms with Gasteiger partial charge in [-0.3, -0.25) is 0 Å². The predicted molar refractivity (Wildman–Crippen MR) is 99.7 cm³/mol. The van der Waals surface area contributed by atoms with Crippen LogP contribution >= 0.6 is 0 Å². The second-order valence-corrected chi connectivity index (χ2v) is 13.0. The first kappa shape index (κ1) is 15.1. The maximum absolute atomic E-state index is 2.66. The zero-order valence-corrected chi connectivity index (χ0v) is 16.2. The van der Waals surface area contributed by atoms with Crippen LogP contribution < -0.4 is 0 Å². The van der Waals surface area contributed by atoms with E-state index in [4.69, 9.17) is 0 Å². The van der Waals surface area contributed by atoms with Crippen LogP contribution in [0, 0.1) is 45.3 Å². The van der Waals surface area contributed by atoms with Gasteiger partial charge in [0.15, 0.2) is 0 Å². The van der Waals surface area contributed by atoms with Crippen molar-refractivity contribution in [3.05, 3.63) is 0 Å². The Hall–Kier alpha value is 0. The summed E-state index contributed by atoms with van der Waals surface area (Å²) in [5.74, 6) is 4.46. The van der Waals surface area contributed by atoms with Crippen LogP contribution in [0.15, 0.2) is 0 Å². The van der Waals surface area contributed by atoms with Gasteiger partial charge in [0, 0.05) is 0 Å². The highest BCUT2D eigenvalue weighted by molar-refractivity contribution is 5.09. The minimum atomic E-state index is 0.748. The lowest BCUT2D eigenvalue weighted by atomic mass is 9.41. The van der Waals surface area contributed by atoms with E-state index in [1.54, 1.807) is 89.9 Å². The third kappa shape index (κ3) is 2.16. The van der Waals surface area contributed by atoms with Gasteiger partial charge in [-0.05, 0) is 135 Å². The molecule has 8 rings (SSSR count). The van der Waals surface area contributed by atoms with Gasteiger partial charge >= 0.3 is 0 Å². The van der Waals surface area contributed by atoms with Crippen molar-refractivity contribution in [2.75, 3.05) is 0 Å². The lowest BCUT2D eigenvalue weighted by molar-refractivity contribution is -0.133.